The van der Waals surface area contributed by atoms with E-state index in [0.717, 1.165) is 30.4 Å². The number of anilines is 1. The van der Waals surface area contributed by atoms with Crippen molar-refractivity contribution in [3.8, 4) is 0 Å². The highest BCUT2D eigenvalue weighted by molar-refractivity contribution is 5.94. The van der Waals surface area contributed by atoms with Crippen LogP contribution in [-0.2, 0) is 12.8 Å². The first-order chi connectivity index (χ1) is 10.1. The molecule has 4 nitrogen and oxygen atoms in total. The van der Waals surface area contributed by atoms with E-state index in [-0.39, 0.29) is 17.4 Å². The van der Waals surface area contributed by atoms with E-state index < -0.39 is 5.82 Å². The molecule has 1 N–H and O–H groups in total. The third-order valence-electron chi connectivity index (χ3n) is 3.80. The van der Waals surface area contributed by atoms with E-state index in [4.69, 9.17) is 0 Å². The van der Waals surface area contributed by atoms with E-state index in [1.165, 1.54) is 13.0 Å². The van der Waals surface area contributed by atoms with E-state index in [0.29, 0.717) is 5.95 Å². The second-order valence-corrected chi connectivity index (χ2v) is 5.31. The predicted molar refractivity (Wildman–Crippen MR) is 77.9 cm³/mol. The predicted octanol–water partition coefficient (Wildman–Crippen LogP) is 2.79. The minimum absolute atomic E-state index is 0.172. The summed E-state index contributed by atoms with van der Waals surface area (Å²) in [6, 6.07) is 5.15. The molecule has 0 fully saturated rings. The number of fused-ring (bicyclic) bond motifs is 1. The number of Topliss-reactive ketones (excluding diaryl/α,β-unsaturated/α-hetero) is 1. The highest BCUT2D eigenvalue weighted by Gasteiger charge is 2.22. The lowest BCUT2D eigenvalue weighted by Gasteiger charge is -2.26. The third-order valence-corrected chi connectivity index (χ3v) is 3.80. The normalized spacial score (nSPS) is 17.1. The van der Waals surface area contributed by atoms with Crippen molar-refractivity contribution in [1.82, 2.24) is 9.97 Å². The Hall–Kier alpha value is -2.30. The molecule has 1 atom stereocenters. The number of hydrogen-bond donors (Lipinski definition) is 1. The summed E-state index contributed by atoms with van der Waals surface area (Å²) in [6.45, 7) is 1.39. The fraction of sp³-hybridized carbons (Fsp3) is 0.312. The molecule has 0 saturated heterocycles. The molecule has 3 rings (SSSR count). The number of carbonyl (C=O) groups excluding carboxylic acids is 1. The number of aryl methyl sites for hydroxylation is 1. The number of benzene rings is 1. The largest absolute Gasteiger partial charge is 0.351 e. The summed E-state index contributed by atoms with van der Waals surface area (Å²) < 4.78 is 13.8. The number of halogens is 1. The summed E-state index contributed by atoms with van der Waals surface area (Å²) in [4.78, 5) is 19.8. The summed E-state index contributed by atoms with van der Waals surface area (Å²) in [5, 5.41) is 3.28. The van der Waals surface area contributed by atoms with E-state index >= 15 is 0 Å². The van der Waals surface area contributed by atoms with Gasteiger partial charge in [-0.2, -0.15) is 0 Å². The van der Waals surface area contributed by atoms with Crippen LogP contribution in [0.3, 0.4) is 0 Å². The van der Waals surface area contributed by atoms with Crippen LogP contribution in [0.25, 0.3) is 0 Å². The van der Waals surface area contributed by atoms with Gasteiger partial charge in [-0.3, -0.25) is 4.79 Å². The van der Waals surface area contributed by atoms with Crippen molar-refractivity contribution in [1.29, 1.82) is 0 Å². The molecule has 0 radical (unpaired) electrons. The number of nitrogens with zero attached hydrogens (tertiary/aromatic N) is 2. The fourth-order valence-corrected chi connectivity index (χ4v) is 2.73. The Morgan fingerprint density at radius 2 is 2.05 bits per heavy atom. The van der Waals surface area contributed by atoms with Crippen molar-refractivity contribution in [3.05, 3.63) is 53.1 Å². The van der Waals surface area contributed by atoms with Gasteiger partial charge in [0.15, 0.2) is 5.78 Å². The van der Waals surface area contributed by atoms with Crippen LogP contribution >= 0.6 is 0 Å². The van der Waals surface area contributed by atoms with Crippen LogP contribution in [-0.4, -0.2) is 21.8 Å². The Kier molecular flexibility index (Phi) is 3.64. The van der Waals surface area contributed by atoms with Gasteiger partial charge >= 0.3 is 0 Å². The Bertz CT molecular complexity index is 673. The Balaban J connectivity index is 1.81. The Morgan fingerprint density at radius 3 is 2.76 bits per heavy atom. The van der Waals surface area contributed by atoms with Crippen LogP contribution in [0.15, 0.2) is 30.6 Å². The molecule has 21 heavy (non-hydrogen) atoms. The van der Waals surface area contributed by atoms with Gasteiger partial charge in [-0.1, -0.05) is 0 Å². The van der Waals surface area contributed by atoms with Crippen LogP contribution in [0.2, 0.25) is 0 Å². The molecule has 2 aromatic rings. The molecular formula is C16H16FN3O. The van der Waals surface area contributed by atoms with Gasteiger partial charge in [-0.15, -0.1) is 0 Å². The number of aromatic nitrogens is 2. The average Bonchev–Trinajstić information content (AvgIpc) is 2.47. The number of hydrogen-bond acceptors (Lipinski definition) is 4. The Labute approximate surface area is 122 Å². The molecule has 108 valence electrons. The summed E-state index contributed by atoms with van der Waals surface area (Å²) in [7, 11) is 0. The molecule has 5 heteroatoms. The zero-order chi connectivity index (χ0) is 14.8. The van der Waals surface area contributed by atoms with E-state index in [2.05, 4.69) is 15.3 Å². The highest BCUT2D eigenvalue weighted by Crippen LogP contribution is 2.26. The maximum atomic E-state index is 13.8. The molecule has 1 aromatic carbocycles. The van der Waals surface area contributed by atoms with Gasteiger partial charge in [-0.05, 0) is 55.5 Å². The van der Waals surface area contributed by atoms with Crippen molar-refractivity contribution < 1.29 is 9.18 Å². The fourth-order valence-electron chi connectivity index (χ4n) is 2.73. The van der Waals surface area contributed by atoms with E-state index in [1.54, 1.807) is 24.5 Å². The molecule has 1 aromatic heterocycles. The average molecular weight is 285 g/mol. The van der Waals surface area contributed by atoms with Crippen molar-refractivity contribution in [2.75, 3.05) is 5.32 Å². The summed E-state index contributed by atoms with van der Waals surface area (Å²) >= 11 is 0. The van der Waals surface area contributed by atoms with Gasteiger partial charge in [0, 0.05) is 18.4 Å². The molecule has 1 aliphatic carbocycles. The van der Waals surface area contributed by atoms with Gasteiger partial charge in [0.25, 0.3) is 0 Å². The molecule has 1 aliphatic rings. The second-order valence-electron chi connectivity index (χ2n) is 5.31. The monoisotopic (exact) mass is 285 g/mol. The maximum Gasteiger partial charge on any atom is 0.222 e. The number of ketones is 1. The zero-order valence-corrected chi connectivity index (χ0v) is 11.8. The quantitative estimate of drug-likeness (QED) is 0.881. The number of carbonyl (C=O) groups is 1. The van der Waals surface area contributed by atoms with Crippen molar-refractivity contribution in [3.63, 3.8) is 0 Å². The standard InChI is InChI=1S/C16H16FN3O/c1-10(21)14-8-12-7-13(4-3-11(12)9-15(14)17)20-16-18-5-2-6-19-16/h2,5-6,8-9,13H,3-4,7H2,1H3,(H,18,19,20). The minimum atomic E-state index is -0.418. The molecule has 0 amide bonds. The Morgan fingerprint density at radius 1 is 1.29 bits per heavy atom. The maximum absolute atomic E-state index is 13.8. The zero-order valence-electron chi connectivity index (χ0n) is 11.8. The van der Waals surface area contributed by atoms with Crippen LogP contribution < -0.4 is 5.32 Å². The number of nitrogens with one attached hydrogen (secondary N) is 1. The topological polar surface area (TPSA) is 54.9 Å². The smallest absolute Gasteiger partial charge is 0.222 e. The molecule has 0 spiro atoms. The van der Waals surface area contributed by atoms with Crippen molar-refractivity contribution in [2.45, 2.75) is 32.2 Å². The molecule has 1 heterocycles. The van der Waals surface area contributed by atoms with Gasteiger partial charge in [-0.25, -0.2) is 14.4 Å². The lowest BCUT2D eigenvalue weighted by atomic mass is 9.86. The summed E-state index contributed by atoms with van der Waals surface area (Å²) in [6.07, 6.45) is 5.80. The SMILES string of the molecule is CC(=O)c1cc2c(cc1F)CCC(Nc1ncccn1)C2. The van der Waals surface area contributed by atoms with E-state index in [9.17, 15) is 9.18 Å². The van der Waals surface area contributed by atoms with Crippen LogP contribution in [0.4, 0.5) is 10.3 Å². The minimum Gasteiger partial charge on any atom is -0.351 e. The van der Waals surface area contributed by atoms with Crippen LogP contribution in [0.5, 0.6) is 0 Å². The molecule has 0 bridgehead atoms. The number of rotatable bonds is 3. The van der Waals surface area contributed by atoms with Gasteiger partial charge < -0.3 is 5.32 Å². The van der Waals surface area contributed by atoms with Crippen molar-refractivity contribution >= 4 is 11.7 Å². The molecule has 0 aliphatic heterocycles. The summed E-state index contributed by atoms with van der Waals surface area (Å²) in [5.41, 5.74) is 2.19. The molecular weight excluding hydrogens is 269 g/mol. The van der Waals surface area contributed by atoms with E-state index in [1.807, 2.05) is 0 Å². The van der Waals surface area contributed by atoms with Gasteiger partial charge in [0.1, 0.15) is 5.82 Å². The highest BCUT2D eigenvalue weighted by atomic mass is 19.1. The lowest BCUT2D eigenvalue weighted by Crippen LogP contribution is -2.28. The first kappa shape index (κ1) is 13.7. The second kappa shape index (κ2) is 5.60. The van der Waals surface area contributed by atoms with Crippen LogP contribution in [0.1, 0.15) is 34.8 Å². The van der Waals surface area contributed by atoms with Crippen LogP contribution in [0, 0.1) is 5.82 Å². The first-order valence-corrected chi connectivity index (χ1v) is 6.99. The van der Waals surface area contributed by atoms with Crippen molar-refractivity contribution in [2.24, 2.45) is 0 Å². The first-order valence-electron chi connectivity index (χ1n) is 6.99. The third kappa shape index (κ3) is 2.91. The van der Waals surface area contributed by atoms with Gasteiger partial charge in [0.05, 0.1) is 5.56 Å². The molecule has 0 saturated carbocycles. The summed E-state index contributed by atoms with van der Waals surface area (Å²) in [5.74, 6) is -0.0596. The molecule has 1 unspecified atom stereocenters. The van der Waals surface area contributed by atoms with Gasteiger partial charge in [0.2, 0.25) is 5.95 Å². The lowest BCUT2D eigenvalue weighted by molar-refractivity contribution is 0.101.